The maximum Gasteiger partial charge on any atom is 0.315 e. The molecule has 0 spiro atoms. The fourth-order valence-electron chi connectivity index (χ4n) is 1.86. The standard InChI is InChI=1S/C14H28N2O3/c1-4-5-6-7-8-12(3)16-14(19)15-10-11(2)9-13(17)18/h11-12H,4-10H2,1-3H3,(H,17,18)(H2,15,16,19). The molecule has 0 radical (unpaired) electrons. The minimum absolute atomic E-state index is 0.0527. The molecule has 0 saturated carbocycles. The highest BCUT2D eigenvalue weighted by atomic mass is 16.4. The first-order chi connectivity index (χ1) is 8.95. The van der Waals surface area contributed by atoms with E-state index in [2.05, 4.69) is 17.6 Å². The number of amides is 2. The molecule has 0 aromatic heterocycles. The van der Waals surface area contributed by atoms with Gasteiger partial charge in [-0.05, 0) is 19.3 Å². The number of carboxylic acid groups (broad SMARTS) is 1. The number of aliphatic carboxylic acids is 1. The van der Waals surface area contributed by atoms with Gasteiger partial charge in [-0.2, -0.15) is 0 Å². The van der Waals surface area contributed by atoms with Gasteiger partial charge in [0.1, 0.15) is 0 Å². The first kappa shape index (κ1) is 17.7. The van der Waals surface area contributed by atoms with E-state index in [1.165, 1.54) is 19.3 Å². The zero-order valence-electron chi connectivity index (χ0n) is 12.4. The molecule has 19 heavy (non-hydrogen) atoms. The van der Waals surface area contributed by atoms with Crippen LogP contribution in [-0.2, 0) is 4.79 Å². The van der Waals surface area contributed by atoms with Crippen molar-refractivity contribution in [1.29, 1.82) is 0 Å². The van der Waals surface area contributed by atoms with Gasteiger partial charge >= 0.3 is 12.0 Å². The van der Waals surface area contributed by atoms with Gasteiger partial charge in [0.15, 0.2) is 0 Å². The summed E-state index contributed by atoms with van der Waals surface area (Å²) in [5, 5.41) is 14.2. The fourth-order valence-corrected chi connectivity index (χ4v) is 1.86. The molecule has 0 aliphatic carbocycles. The fraction of sp³-hybridized carbons (Fsp3) is 0.857. The lowest BCUT2D eigenvalue weighted by molar-refractivity contribution is -0.137. The van der Waals surface area contributed by atoms with Crippen LogP contribution in [0.5, 0.6) is 0 Å². The van der Waals surface area contributed by atoms with Crippen molar-refractivity contribution in [3.8, 4) is 0 Å². The molecule has 0 bridgehead atoms. The van der Waals surface area contributed by atoms with Crippen LogP contribution in [-0.4, -0.2) is 29.7 Å². The summed E-state index contributed by atoms with van der Waals surface area (Å²) in [7, 11) is 0. The van der Waals surface area contributed by atoms with E-state index in [0.717, 1.165) is 12.8 Å². The number of hydrogen-bond acceptors (Lipinski definition) is 2. The summed E-state index contributed by atoms with van der Waals surface area (Å²) in [6, 6.07) is -0.0492. The topological polar surface area (TPSA) is 78.4 Å². The second-order valence-electron chi connectivity index (χ2n) is 5.31. The van der Waals surface area contributed by atoms with E-state index in [1.807, 2.05) is 13.8 Å². The smallest absolute Gasteiger partial charge is 0.315 e. The number of carbonyl (C=O) groups is 2. The van der Waals surface area contributed by atoms with Crippen molar-refractivity contribution < 1.29 is 14.7 Å². The quantitative estimate of drug-likeness (QED) is 0.535. The largest absolute Gasteiger partial charge is 0.481 e. The van der Waals surface area contributed by atoms with Crippen molar-refractivity contribution in [1.82, 2.24) is 10.6 Å². The van der Waals surface area contributed by atoms with Gasteiger partial charge < -0.3 is 15.7 Å². The molecule has 2 unspecified atom stereocenters. The molecule has 112 valence electrons. The van der Waals surface area contributed by atoms with Gasteiger partial charge in [-0.1, -0.05) is 39.5 Å². The van der Waals surface area contributed by atoms with Crippen LogP contribution < -0.4 is 10.6 Å². The molecule has 0 aromatic rings. The van der Waals surface area contributed by atoms with E-state index < -0.39 is 5.97 Å². The summed E-state index contributed by atoms with van der Waals surface area (Å²) in [5.74, 6) is -0.887. The highest BCUT2D eigenvalue weighted by Gasteiger charge is 2.10. The Bertz CT molecular complexity index is 269. The van der Waals surface area contributed by atoms with E-state index >= 15 is 0 Å². The monoisotopic (exact) mass is 272 g/mol. The molecular weight excluding hydrogens is 244 g/mol. The molecule has 0 aromatic carbocycles. The molecule has 2 amide bonds. The zero-order valence-corrected chi connectivity index (χ0v) is 12.4. The molecule has 0 rings (SSSR count). The highest BCUT2D eigenvalue weighted by molar-refractivity contribution is 5.74. The predicted octanol–water partition coefficient (Wildman–Crippen LogP) is 2.76. The van der Waals surface area contributed by atoms with Crippen molar-refractivity contribution in [2.24, 2.45) is 5.92 Å². The minimum atomic E-state index is -0.834. The van der Waals surface area contributed by atoms with Crippen LogP contribution in [0.4, 0.5) is 4.79 Å². The van der Waals surface area contributed by atoms with E-state index in [-0.39, 0.29) is 24.4 Å². The van der Waals surface area contributed by atoms with Crippen LogP contribution in [0.1, 0.15) is 59.3 Å². The Morgan fingerprint density at radius 1 is 1.16 bits per heavy atom. The van der Waals surface area contributed by atoms with Gasteiger partial charge in [0.2, 0.25) is 0 Å². The van der Waals surface area contributed by atoms with Crippen LogP contribution in [0.3, 0.4) is 0 Å². The van der Waals surface area contributed by atoms with Crippen molar-refractivity contribution in [3.63, 3.8) is 0 Å². The number of unbranched alkanes of at least 4 members (excludes halogenated alkanes) is 3. The minimum Gasteiger partial charge on any atom is -0.481 e. The molecule has 2 atom stereocenters. The number of carbonyl (C=O) groups excluding carboxylic acids is 1. The molecule has 0 heterocycles. The third-order valence-corrected chi connectivity index (χ3v) is 3.00. The average Bonchev–Trinajstić information content (AvgIpc) is 2.31. The summed E-state index contributed by atoms with van der Waals surface area (Å²) < 4.78 is 0. The lowest BCUT2D eigenvalue weighted by Crippen LogP contribution is -2.42. The maximum absolute atomic E-state index is 11.6. The van der Waals surface area contributed by atoms with Crippen LogP contribution in [0.2, 0.25) is 0 Å². The van der Waals surface area contributed by atoms with Gasteiger partial charge in [-0.25, -0.2) is 4.79 Å². The third-order valence-electron chi connectivity index (χ3n) is 3.00. The number of hydrogen-bond donors (Lipinski definition) is 3. The van der Waals surface area contributed by atoms with Crippen molar-refractivity contribution >= 4 is 12.0 Å². The first-order valence-corrected chi connectivity index (χ1v) is 7.21. The van der Waals surface area contributed by atoms with Gasteiger partial charge in [0, 0.05) is 19.0 Å². The lowest BCUT2D eigenvalue weighted by Gasteiger charge is -2.16. The van der Waals surface area contributed by atoms with Crippen molar-refractivity contribution in [2.75, 3.05) is 6.54 Å². The zero-order chi connectivity index (χ0) is 14.7. The molecule has 0 saturated heterocycles. The van der Waals surface area contributed by atoms with Crippen LogP contribution in [0.25, 0.3) is 0 Å². The molecule has 0 aliphatic rings. The summed E-state index contributed by atoms with van der Waals surface area (Å²) in [4.78, 5) is 22.0. The Hall–Kier alpha value is -1.26. The summed E-state index contributed by atoms with van der Waals surface area (Å²) >= 11 is 0. The Balaban J connectivity index is 3.64. The highest BCUT2D eigenvalue weighted by Crippen LogP contribution is 2.05. The Labute approximate surface area is 116 Å². The second kappa shape index (κ2) is 10.6. The Kier molecular flexibility index (Phi) is 9.94. The van der Waals surface area contributed by atoms with Gasteiger partial charge in [-0.3, -0.25) is 4.79 Å². The summed E-state index contributed by atoms with van der Waals surface area (Å²) in [6.45, 7) is 6.36. The molecule has 5 nitrogen and oxygen atoms in total. The second-order valence-corrected chi connectivity index (χ2v) is 5.31. The molecule has 3 N–H and O–H groups in total. The summed E-state index contributed by atoms with van der Waals surface area (Å²) in [5.41, 5.74) is 0. The Morgan fingerprint density at radius 2 is 1.84 bits per heavy atom. The van der Waals surface area contributed by atoms with E-state index in [9.17, 15) is 9.59 Å². The van der Waals surface area contributed by atoms with Gasteiger partial charge in [0.25, 0.3) is 0 Å². The maximum atomic E-state index is 11.6. The molecule has 0 fully saturated rings. The van der Waals surface area contributed by atoms with Gasteiger partial charge in [0.05, 0.1) is 0 Å². The predicted molar refractivity (Wildman–Crippen MR) is 76.2 cm³/mol. The SMILES string of the molecule is CCCCCCC(C)NC(=O)NCC(C)CC(=O)O. The molecule has 0 aliphatic heterocycles. The van der Waals surface area contributed by atoms with Crippen LogP contribution >= 0.6 is 0 Å². The normalized spacial score (nSPS) is 13.6. The van der Waals surface area contributed by atoms with Crippen molar-refractivity contribution in [3.05, 3.63) is 0 Å². The van der Waals surface area contributed by atoms with Gasteiger partial charge in [-0.15, -0.1) is 0 Å². The molecular formula is C14H28N2O3. The number of urea groups is 1. The number of rotatable bonds is 10. The average molecular weight is 272 g/mol. The molecule has 5 heteroatoms. The lowest BCUT2D eigenvalue weighted by atomic mass is 10.1. The Morgan fingerprint density at radius 3 is 2.42 bits per heavy atom. The van der Waals surface area contributed by atoms with Crippen molar-refractivity contribution in [2.45, 2.75) is 65.3 Å². The number of nitrogens with one attached hydrogen (secondary N) is 2. The first-order valence-electron chi connectivity index (χ1n) is 7.21. The third kappa shape index (κ3) is 11.6. The van der Waals surface area contributed by atoms with Crippen LogP contribution in [0, 0.1) is 5.92 Å². The summed E-state index contributed by atoms with van der Waals surface area (Å²) in [6.07, 6.45) is 5.85. The van der Waals surface area contributed by atoms with E-state index in [1.54, 1.807) is 0 Å². The van der Waals surface area contributed by atoms with E-state index in [0.29, 0.717) is 6.54 Å². The van der Waals surface area contributed by atoms with E-state index in [4.69, 9.17) is 5.11 Å². The van der Waals surface area contributed by atoms with Crippen LogP contribution in [0.15, 0.2) is 0 Å². The number of carboxylic acids is 1.